The van der Waals surface area contributed by atoms with E-state index in [4.69, 9.17) is 10.6 Å². The molecule has 3 atom stereocenters. The molecule has 1 saturated heterocycles. The van der Waals surface area contributed by atoms with Gasteiger partial charge in [-0.25, -0.2) is 4.21 Å². The first-order valence-corrected chi connectivity index (χ1v) is 12.9. The van der Waals surface area contributed by atoms with E-state index in [9.17, 15) is 14.1 Å². The lowest BCUT2D eigenvalue weighted by atomic mass is 10.0. The molecule has 0 aromatic heterocycles. The first kappa shape index (κ1) is 25.4. The van der Waals surface area contributed by atoms with Gasteiger partial charge in [-0.15, -0.1) is 0 Å². The molecular weight excluding hydrogens is 470 g/mol. The van der Waals surface area contributed by atoms with Gasteiger partial charge in [-0.05, 0) is 37.0 Å². The van der Waals surface area contributed by atoms with Gasteiger partial charge in [0.1, 0.15) is 5.75 Å². The zero-order valence-corrected chi connectivity index (χ0v) is 20.7. The van der Waals surface area contributed by atoms with Gasteiger partial charge in [0, 0.05) is 38.8 Å². The van der Waals surface area contributed by atoms with Crippen molar-refractivity contribution < 1.29 is 23.1 Å². The number of nitrogens with zero attached hydrogens (tertiary/aromatic N) is 3. The number of anilines is 1. The summed E-state index contributed by atoms with van der Waals surface area (Å²) in [6.45, 7) is 2.69. The van der Waals surface area contributed by atoms with Gasteiger partial charge in [0.2, 0.25) is 0 Å². The van der Waals surface area contributed by atoms with Crippen LogP contribution in [0.25, 0.3) is 0 Å². The third-order valence-corrected chi connectivity index (χ3v) is 7.07. The highest BCUT2D eigenvalue weighted by Crippen LogP contribution is 2.39. The maximum Gasteiger partial charge on any atom is 0.260 e. The summed E-state index contributed by atoms with van der Waals surface area (Å²) in [5, 5.41) is 13.2. The predicted octanol–water partition coefficient (Wildman–Crippen LogP) is 1.79. The number of hydrogen-bond donors (Lipinski definition) is 4. The Labute approximate surface area is 207 Å². The normalized spacial score (nSPS) is 19.6. The van der Waals surface area contributed by atoms with Crippen LogP contribution in [0.4, 0.5) is 11.4 Å². The standard InChI is InChI=1S/C24H33N5O5S/c1-28(21(17-6-3-2-4-7-17)15-29-13-11-18(30)14-29)23(31)16-33-22-10-9-20(27-35(32)34-25)24-19(22)8-5-12-26-24/h2-4,6-7,9-10,18,21,26,30,35H,5,8,11-16,25H2,1H3/t18-,21?/m0/s1. The summed E-state index contributed by atoms with van der Waals surface area (Å²) >= 11 is 0. The third-order valence-electron chi connectivity index (χ3n) is 6.51. The summed E-state index contributed by atoms with van der Waals surface area (Å²) in [6, 6.07) is 13.2. The lowest BCUT2D eigenvalue weighted by Gasteiger charge is -2.32. The molecule has 0 spiro atoms. The van der Waals surface area contributed by atoms with E-state index in [1.165, 1.54) is 0 Å². The largest absolute Gasteiger partial charge is 0.483 e. The van der Waals surface area contributed by atoms with Crippen LogP contribution in [-0.4, -0.2) is 71.0 Å². The number of likely N-dealkylation sites (N-methyl/N-ethyl adjacent to an activating group) is 1. The Hall–Kier alpha value is -2.70. The number of nitrogens with two attached hydrogens (primary N) is 1. The molecule has 2 heterocycles. The maximum atomic E-state index is 13.2. The van der Waals surface area contributed by atoms with Crippen LogP contribution in [0.3, 0.4) is 0 Å². The van der Waals surface area contributed by atoms with Crippen molar-refractivity contribution in [2.24, 2.45) is 10.3 Å². The number of ether oxygens (including phenoxy) is 1. The highest BCUT2D eigenvalue weighted by Gasteiger charge is 2.28. The van der Waals surface area contributed by atoms with Crippen LogP contribution in [0.5, 0.6) is 5.75 Å². The molecule has 10 nitrogen and oxygen atoms in total. The van der Waals surface area contributed by atoms with Gasteiger partial charge in [-0.1, -0.05) is 30.3 Å². The number of carbonyl (C=O) groups is 1. The van der Waals surface area contributed by atoms with Crippen LogP contribution in [0, 0.1) is 0 Å². The molecular formula is C24H33N5O5S. The summed E-state index contributed by atoms with van der Waals surface area (Å²) < 4.78 is 26.0. The number of nitrogens with one attached hydrogen (secondary N) is 1. The van der Waals surface area contributed by atoms with E-state index in [2.05, 4.69) is 18.9 Å². The van der Waals surface area contributed by atoms with Crippen molar-refractivity contribution in [3.05, 3.63) is 53.6 Å². The van der Waals surface area contributed by atoms with Gasteiger partial charge in [0.15, 0.2) is 17.5 Å². The van der Waals surface area contributed by atoms with Crippen LogP contribution < -0.4 is 16.0 Å². The summed E-state index contributed by atoms with van der Waals surface area (Å²) in [4.78, 5) is 17.1. The number of fused-ring (bicyclic) bond motifs is 1. The third kappa shape index (κ3) is 6.30. The zero-order valence-electron chi connectivity index (χ0n) is 19.8. The molecule has 4 rings (SSSR count). The van der Waals surface area contributed by atoms with Crippen molar-refractivity contribution in [2.75, 3.05) is 45.2 Å². The van der Waals surface area contributed by atoms with Gasteiger partial charge in [0.05, 0.1) is 23.5 Å². The summed E-state index contributed by atoms with van der Waals surface area (Å²) in [7, 11) is -0.563. The van der Waals surface area contributed by atoms with Gasteiger partial charge in [0.25, 0.3) is 5.91 Å². The second-order valence-corrected chi connectivity index (χ2v) is 9.72. The predicted molar refractivity (Wildman–Crippen MR) is 135 cm³/mol. The highest BCUT2D eigenvalue weighted by atomic mass is 32.2. The molecule has 11 heteroatoms. The summed E-state index contributed by atoms with van der Waals surface area (Å²) in [5.74, 6) is 5.42. The van der Waals surface area contributed by atoms with Gasteiger partial charge >= 0.3 is 0 Å². The van der Waals surface area contributed by atoms with E-state index >= 15 is 0 Å². The van der Waals surface area contributed by atoms with E-state index in [1.54, 1.807) is 24.1 Å². The minimum Gasteiger partial charge on any atom is -0.483 e. The number of β-amino-alcohol motifs (C(OH)–C–C–N with tert-alkyl or cyclic N) is 1. The second-order valence-electron chi connectivity index (χ2n) is 8.83. The minimum atomic E-state index is -2.35. The number of likely N-dealkylation sites (tertiary alicyclic amines) is 1. The topological polar surface area (TPSA) is 130 Å². The minimum absolute atomic E-state index is 0.119. The molecule has 35 heavy (non-hydrogen) atoms. The molecule has 190 valence electrons. The number of amides is 1. The number of aliphatic hydroxyl groups excluding tert-OH is 1. The van der Waals surface area contributed by atoms with E-state index < -0.39 is 10.9 Å². The van der Waals surface area contributed by atoms with Crippen molar-refractivity contribution in [1.29, 1.82) is 0 Å². The number of carbonyl (C=O) groups excluding carboxylic acids is 1. The van der Waals surface area contributed by atoms with Gasteiger partial charge < -0.3 is 20.1 Å². The molecule has 2 aromatic rings. The highest BCUT2D eigenvalue weighted by molar-refractivity contribution is 7.69. The smallest absolute Gasteiger partial charge is 0.260 e. The molecule has 2 unspecified atom stereocenters. The van der Waals surface area contributed by atoms with Crippen molar-refractivity contribution in [2.45, 2.75) is 31.4 Å². The number of hydrogen-bond acceptors (Lipinski definition) is 9. The van der Waals surface area contributed by atoms with E-state index in [0.29, 0.717) is 24.5 Å². The van der Waals surface area contributed by atoms with Crippen LogP contribution in [0.15, 0.2) is 46.8 Å². The van der Waals surface area contributed by atoms with Crippen molar-refractivity contribution in [3.63, 3.8) is 0 Å². The molecule has 0 saturated carbocycles. The Morgan fingerprint density at radius 3 is 2.86 bits per heavy atom. The SMILES string of the molecule is CN(C(=O)COc1ccc(N=[SH](=O)ON)c2c1CCCN2)C(CN1CC[C@H](O)C1)c1ccccc1. The Morgan fingerprint density at radius 2 is 2.14 bits per heavy atom. The first-order valence-electron chi connectivity index (χ1n) is 11.8. The van der Waals surface area contributed by atoms with E-state index in [1.807, 2.05) is 30.3 Å². The fourth-order valence-electron chi connectivity index (χ4n) is 4.63. The van der Waals surface area contributed by atoms with Crippen molar-refractivity contribution in [1.82, 2.24) is 9.80 Å². The quantitative estimate of drug-likeness (QED) is 0.301. The van der Waals surface area contributed by atoms with Gasteiger partial charge in [-0.2, -0.15) is 14.5 Å². The lowest BCUT2D eigenvalue weighted by molar-refractivity contribution is -0.134. The monoisotopic (exact) mass is 503 g/mol. The molecule has 0 bridgehead atoms. The van der Waals surface area contributed by atoms with E-state index in [0.717, 1.165) is 49.2 Å². The first-order chi connectivity index (χ1) is 17.0. The average molecular weight is 504 g/mol. The van der Waals surface area contributed by atoms with Crippen LogP contribution >= 0.6 is 0 Å². The Balaban J connectivity index is 1.49. The molecule has 1 amide bonds. The Morgan fingerprint density at radius 1 is 1.34 bits per heavy atom. The van der Waals surface area contributed by atoms with Crippen LogP contribution in [-0.2, 0) is 26.4 Å². The lowest BCUT2D eigenvalue weighted by Crippen LogP contribution is -2.41. The molecule has 2 aliphatic rings. The fourth-order valence-corrected chi connectivity index (χ4v) is 5.02. The molecule has 0 aliphatic carbocycles. The fraction of sp³-hybridized carbons (Fsp3) is 0.458. The van der Waals surface area contributed by atoms with Crippen molar-refractivity contribution in [3.8, 4) is 5.75 Å². The number of rotatable bonds is 9. The molecule has 1 fully saturated rings. The number of thiol groups is 1. The molecule has 2 aromatic carbocycles. The van der Waals surface area contributed by atoms with Crippen LogP contribution in [0.1, 0.15) is 30.0 Å². The second kappa shape index (κ2) is 11.8. The number of aliphatic hydroxyl groups is 1. The Kier molecular flexibility index (Phi) is 8.58. The average Bonchev–Trinajstić information content (AvgIpc) is 3.31. The molecule has 0 radical (unpaired) electrons. The van der Waals surface area contributed by atoms with Crippen LogP contribution in [0.2, 0.25) is 0 Å². The van der Waals surface area contributed by atoms with Gasteiger partial charge in [-0.3, -0.25) is 9.69 Å². The maximum absolute atomic E-state index is 13.2. The zero-order chi connectivity index (χ0) is 24.8. The molecule has 4 N–H and O–H groups in total. The van der Waals surface area contributed by atoms with Crippen molar-refractivity contribution >= 4 is 28.2 Å². The number of benzene rings is 2. The summed E-state index contributed by atoms with van der Waals surface area (Å²) in [5.41, 5.74) is 3.14. The Bertz CT molecular complexity index is 1110. The molecule has 2 aliphatic heterocycles. The van der Waals surface area contributed by atoms with E-state index in [-0.39, 0.29) is 24.7 Å². The summed E-state index contributed by atoms with van der Waals surface area (Å²) in [6.07, 6.45) is 2.07.